The van der Waals surface area contributed by atoms with Gasteiger partial charge in [0.05, 0.1) is 0 Å². The molecule has 1 fully saturated rings. The first-order valence-electron chi connectivity index (χ1n) is 7.09. The number of benzene rings is 1. The van der Waals surface area contributed by atoms with E-state index >= 15 is 0 Å². The van der Waals surface area contributed by atoms with Gasteiger partial charge in [-0.15, -0.1) is 0 Å². The molecule has 1 aromatic carbocycles. The Labute approximate surface area is 117 Å². The van der Waals surface area contributed by atoms with Crippen LogP contribution in [0.1, 0.15) is 32.1 Å². The van der Waals surface area contributed by atoms with Crippen molar-refractivity contribution in [2.24, 2.45) is 5.92 Å². The zero-order valence-corrected chi connectivity index (χ0v) is 11.2. The SMILES string of the molecule is O=C(O)C(Nc1nc2ccccc2o1)C1CCCCC1. The zero-order chi connectivity index (χ0) is 13.9. The van der Waals surface area contributed by atoms with Crippen molar-refractivity contribution in [1.82, 2.24) is 4.98 Å². The lowest BCUT2D eigenvalue weighted by Gasteiger charge is -2.27. The Balaban J connectivity index is 1.80. The number of hydrogen-bond donors (Lipinski definition) is 2. The maximum absolute atomic E-state index is 11.5. The van der Waals surface area contributed by atoms with Gasteiger partial charge in [-0.25, -0.2) is 4.79 Å². The third kappa shape index (κ3) is 2.61. The first-order chi connectivity index (χ1) is 9.74. The molecule has 5 heteroatoms. The molecular formula is C15H18N2O3. The molecule has 0 bridgehead atoms. The number of aromatic nitrogens is 1. The van der Waals surface area contributed by atoms with Gasteiger partial charge in [0.15, 0.2) is 5.58 Å². The van der Waals surface area contributed by atoms with Gasteiger partial charge in [-0.1, -0.05) is 31.4 Å². The molecule has 1 heterocycles. The summed E-state index contributed by atoms with van der Waals surface area (Å²) in [6.45, 7) is 0. The van der Waals surface area contributed by atoms with Crippen molar-refractivity contribution in [3.63, 3.8) is 0 Å². The first-order valence-corrected chi connectivity index (χ1v) is 7.09. The number of aliphatic carboxylic acids is 1. The Hall–Kier alpha value is -2.04. The maximum atomic E-state index is 11.5. The molecule has 2 aromatic rings. The minimum Gasteiger partial charge on any atom is -0.480 e. The Bertz CT molecular complexity index is 569. The van der Waals surface area contributed by atoms with Gasteiger partial charge in [0, 0.05) is 0 Å². The largest absolute Gasteiger partial charge is 0.480 e. The fourth-order valence-electron chi connectivity index (χ4n) is 2.92. The number of carboxylic acids is 1. The van der Waals surface area contributed by atoms with Crippen LogP contribution in [-0.4, -0.2) is 22.1 Å². The molecule has 0 spiro atoms. The van der Waals surface area contributed by atoms with Crippen LogP contribution in [0, 0.1) is 5.92 Å². The van der Waals surface area contributed by atoms with Crippen molar-refractivity contribution in [3.8, 4) is 0 Å². The van der Waals surface area contributed by atoms with E-state index in [1.54, 1.807) is 0 Å². The molecule has 0 aliphatic heterocycles. The quantitative estimate of drug-likeness (QED) is 0.894. The van der Waals surface area contributed by atoms with E-state index in [9.17, 15) is 9.90 Å². The molecular weight excluding hydrogens is 256 g/mol. The summed E-state index contributed by atoms with van der Waals surface area (Å²) in [5, 5.41) is 12.4. The van der Waals surface area contributed by atoms with Crippen LogP contribution < -0.4 is 5.32 Å². The molecule has 1 aliphatic rings. The van der Waals surface area contributed by atoms with Crippen molar-refractivity contribution >= 4 is 23.1 Å². The predicted molar refractivity (Wildman–Crippen MR) is 75.6 cm³/mol. The Morgan fingerprint density at radius 1 is 1.30 bits per heavy atom. The number of fused-ring (bicyclic) bond motifs is 1. The third-order valence-electron chi connectivity index (χ3n) is 3.96. The van der Waals surface area contributed by atoms with Crippen LogP contribution in [0.5, 0.6) is 0 Å². The lowest BCUT2D eigenvalue weighted by molar-refractivity contribution is -0.139. The Kier molecular flexibility index (Phi) is 3.58. The van der Waals surface area contributed by atoms with Gasteiger partial charge < -0.3 is 14.8 Å². The van der Waals surface area contributed by atoms with E-state index in [4.69, 9.17) is 4.42 Å². The zero-order valence-electron chi connectivity index (χ0n) is 11.2. The van der Waals surface area contributed by atoms with Crippen LogP contribution in [0.25, 0.3) is 11.1 Å². The number of carboxylic acid groups (broad SMARTS) is 1. The van der Waals surface area contributed by atoms with Crippen LogP contribution in [-0.2, 0) is 4.79 Å². The number of carbonyl (C=O) groups is 1. The number of hydrogen-bond acceptors (Lipinski definition) is 4. The van der Waals surface area contributed by atoms with Gasteiger partial charge in [0.1, 0.15) is 11.6 Å². The second kappa shape index (κ2) is 5.53. The van der Waals surface area contributed by atoms with Crippen molar-refractivity contribution in [1.29, 1.82) is 0 Å². The van der Waals surface area contributed by atoms with Gasteiger partial charge in [-0.3, -0.25) is 0 Å². The molecule has 0 radical (unpaired) electrons. The highest BCUT2D eigenvalue weighted by Gasteiger charge is 2.30. The molecule has 0 amide bonds. The Morgan fingerprint density at radius 3 is 2.75 bits per heavy atom. The van der Waals surface area contributed by atoms with E-state index < -0.39 is 12.0 Å². The molecule has 0 saturated heterocycles. The van der Waals surface area contributed by atoms with Gasteiger partial charge in [0.25, 0.3) is 6.01 Å². The molecule has 1 aliphatic carbocycles. The third-order valence-corrected chi connectivity index (χ3v) is 3.96. The lowest BCUT2D eigenvalue weighted by atomic mass is 9.84. The maximum Gasteiger partial charge on any atom is 0.326 e. The summed E-state index contributed by atoms with van der Waals surface area (Å²) in [7, 11) is 0. The van der Waals surface area contributed by atoms with Gasteiger partial charge in [0.2, 0.25) is 0 Å². The summed E-state index contributed by atoms with van der Waals surface area (Å²) in [5.41, 5.74) is 1.41. The van der Waals surface area contributed by atoms with Gasteiger partial charge in [-0.05, 0) is 30.9 Å². The Morgan fingerprint density at radius 2 is 2.05 bits per heavy atom. The second-order valence-corrected chi connectivity index (χ2v) is 5.35. The molecule has 1 unspecified atom stereocenters. The van der Waals surface area contributed by atoms with E-state index in [2.05, 4.69) is 10.3 Å². The highest BCUT2D eigenvalue weighted by molar-refractivity contribution is 5.78. The minimum atomic E-state index is -0.834. The fraction of sp³-hybridized carbons (Fsp3) is 0.467. The summed E-state index contributed by atoms with van der Waals surface area (Å²) in [6, 6.07) is 7.09. The fourth-order valence-corrected chi connectivity index (χ4v) is 2.92. The van der Waals surface area contributed by atoms with Crippen LogP contribution >= 0.6 is 0 Å². The van der Waals surface area contributed by atoms with E-state index in [0.717, 1.165) is 31.2 Å². The number of nitrogens with one attached hydrogen (secondary N) is 1. The van der Waals surface area contributed by atoms with Crippen molar-refractivity contribution < 1.29 is 14.3 Å². The highest BCUT2D eigenvalue weighted by atomic mass is 16.4. The average molecular weight is 274 g/mol. The minimum absolute atomic E-state index is 0.149. The molecule has 3 rings (SSSR count). The summed E-state index contributed by atoms with van der Waals surface area (Å²) in [6.07, 6.45) is 5.30. The average Bonchev–Trinajstić information content (AvgIpc) is 2.88. The standard InChI is InChI=1S/C15H18N2O3/c18-14(19)13(10-6-2-1-3-7-10)17-15-16-11-8-4-5-9-12(11)20-15/h4-5,8-10,13H,1-3,6-7H2,(H,16,17)(H,18,19). The number of para-hydroxylation sites is 2. The first kappa shape index (κ1) is 13.0. The second-order valence-electron chi connectivity index (χ2n) is 5.35. The van der Waals surface area contributed by atoms with Crippen LogP contribution in [0.3, 0.4) is 0 Å². The van der Waals surface area contributed by atoms with Crippen molar-refractivity contribution in [2.45, 2.75) is 38.1 Å². The summed E-state index contributed by atoms with van der Waals surface area (Å²) >= 11 is 0. The molecule has 2 N–H and O–H groups in total. The van der Waals surface area contributed by atoms with Crippen molar-refractivity contribution in [2.75, 3.05) is 5.32 Å². The van der Waals surface area contributed by atoms with Gasteiger partial charge >= 0.3 is 5.97 Å². The van der Waals surface area contributed by atoms with E-state index in [1.165, 1.54) is 6.42 Å². The molecule has 106 valence electrons. The summed E-state index contributed by atoms with van der Waals surface area (Å²) in [5.74, 6) is -0.685. The van der Waals surface area contributed by atoms with E-state index in [0.29, 0.717) is 11.6 Å². The normalized spacial score (nSPS) is 18.0. The van der Waals surface area contributed by atoms with Crippen LogP contribution in [0.15, 0.2) is 28.7 Å². The number of anilines is 1. The molecule has 20 heavy (non-hydrogen) atoms. The van der Waals surface area contributed by atoms with Crippen LogP contribution in [0.4, 0.5) is 6.01 Å². The number of rotatable bonds is 4. The number of nitrogens with zero attached hydrogens (tertiary/aromatic N) is 1. The molecule has 5 nitrogen and oxygen atoms in total. The molecule has 1 saturated carbocycles. The smallest absolute Gasteiger partial charge is 0.326 e. The topological polar surface area (TPSA) is 75.4 Å². The summed E-state index contributed by atoms with van der Waals surface area (Å²) < 4.78 is 5.55. The van der Waals surface area contributed by atoms with E-state index in [1.807, 2.05) is 24.3 Å². The number of oxazole rings is 1. The van der Waals surface area contributed by atoms with Crippen LogP contribution in [0.2, 0.25) is 0 Å². The lowest BCUT2D eigenvalue weighted by Crippen LogP contribution is -2.38. The molecule has 1 aromatic heterocycles. The van der Waals surface area contributed by atoms with Crippen molar-refractivity contribution in [3.05, 3.63) is 24.3 Å². The monoisotopic (exact) mass is 274 g/mol. The molecule has 1 atom stereocenters. The van der Waals surface area contributed by atoms with E-state index in [-0.39, 0.29) is 5.92 Å². The van der Waals surface area contributed by atoms with Gasteiger partial charge in [-0.2, -0.15) is 4.98 Å². The summed E-state index contributed by atoms with van der Waals surface area (Å²) in [4.78, 5) is 15.8. The predicted octanol–water partition coefficient (Wildman–Crippen LogP) is 3.27. The highest BCUT2D eigenvalue weighted by Crippen LogP contribution is 2.29.